The molecule has 0 N–H and O–H groups in total. The topological polar surface area (TPSA) is 82.0 Å². The van der Waals surface area contributed by atoms with Gasteiger partial charge in [-0.05, 0) is 18.2 Å². The molecular weight excluding hydrogens is 380 g/mol. The number of benzene rings is 1. The van der Waals surface area contributed by atoms with Crippen LogP contribution in [0, 0.1) is 0 Å². The zero-order chi connectivity index (χ0) is 15.6. The number of nitrogens with zero attached hydrogens (tertiary/aromatic N) is 6. The van der Waals surface area contributed by atoms with E-state index in [-0.39, 0.29) is 0 Å². The highest BCUT2D eigenvalue weighted by molar-refractivity contribution is 9.10. The Hall–Kier alpha value is -2.26. The van der Waals surface area contributed by atoms with Crippen LogP contribution >= 0.6 is 27.7 Å². The van der Waals surface area contributed by atoms with Crippen molar-refractivity contribution in [3.05, 3.63) is 53.1 Å². The Morgan fingerprint density at radius 1 is 1.22 bits per heavy atom. The Labute approximate surface area is 143 Å². The third-order valence-corrected chi connectivity index (χ3v) is 4.29. The SMILES string of the molecule is Brc1cccc(-c2noc(CSc3nc4ncccn4n3)n2)c1. The lowest BCUT2D eigenvalue weighted by molar-refractivity contribution is 0.391. The van der Waals surface area contributed by atoms with Crippen molar-refractivity contribution in [1.82, 2.24) is 29.7 Å². The lowest BCUT2D eigenvalue weighted by Gasteiger charge is -1.94. The van der Waals surface area contributed by atoms with Crippen molar-refractivity contribution in [2.24, 2.45) is 0 Å². The fraction of sp³-hybridized carbons (Fsp3) is 0.0714. The Bertz CT molecular complexity index is 935. The van der Waals surface area contributed by atoms with Crippen molar-refractivity contribution in [2.45, 2.75) is 10.9 Å². The van der Waals surface area contributed by atoms with Gasteiger partial charge in [0.25, 0.3) is 5.78 Å². The molecule has 4 aromatic rings. The number of hydrogen-bond acceptors (Lipinski definition) is 7. The molecule has 0 saturated heterocycles. The van der Waals surface area contributed by atoms with Crippen molar-refractivity contribution < 1.29 is 4.52 Å². The van der Waals surface area contributed by atoms with Crippen LogP contribution in [0.1, 0.15) is 5.89 Å². The minimum absolute atomic E-state index is 0.498. The van der Waals surface area contributed by atoms with E-state index in [0.717, 1.165) is 10.0 Å². The zero-order valence-corrected chi connectivity index (χ0v) is 14.0. The maximum absolute atomic E-state index is 5.28. The fourth-order valence-corrected chi connectivity index (χ4v) is 3.02. The first kappa shape index (κ1) is 14.3. The number of fused-ring (bicyclic) bond motifs is 1. The highest BCUT2D eigenvalue weighted by Crippen LogP contribution is 2.23. The van der Waals surface area contributed by atoms with Gasteiger partial charge >= 0.3 is 0 Å². The molecule has 0 aliphatic carbocycles. The van der Waals surface area contributed by atoms with E-state index in [1.54, 1.807) is 23.0 Å². The molecule has 0 aliphatic heterocycles. The van der Waals surface area contributed by atoms with Gasteiger partial charge < -0.3 is 4.52 Å². The van der Waals surface area contributed by atoms with Gasteiger partial charge in [-0.2, -0.15) is 9.97 Å². The van der Waals surface area contributed by atoms with Crippen molar-refractivity contribution in [1.29, 1.82) is 0 Å². The minimum atomic E-state index is 0.498. The van der Waals surface area contributed by atoms with Crippen LogP contribution < -0.4 is 0 Å². The van der Waals surface area contributed by atoms with Crippen LogP contribution in [0.3, 0.4) is 0 Å². The van der Waals surface area contributed by atoms with Crippen LogP contribution in [0.2, 0.25) is 0 Å². The van der Waals surface area contributed by atoms with Gasteiger partial charge in [0, 0.05) is 22.4 Å². The predicted molar refractivity (Wildman–Crippen MR) is 87.8 cm³/mol. The second kappa shape index (κ2) is 6.09. The normalized spacial score (nSPS) is 11.2. The molecule has 0 unspecified atom stereocenters. The molecular formula is C14H9BrN6OS. The third-order valence-electron chi connectivity index (χ3n) is 2.97. The van der Waals surface area contributed by atoms with Gasteiger partial charge in [-0.15, -0.1) is 5.10 Å². The Morgan fingerprint density at radius 2 is 2.17 bits per heavy atom. The first-order valence-corrected chi connectivity index (χ1v) is 8.44. The molecule has 3 aromatic heterocycles. The van der Waals surface area contributed by atoms with E-state index in [2.05, 4.69) is 41.1 Å². The summed E-state index contributed by atoms with van der Waals surface area (Å²) in [5, 5.41) is 8.93. The van der Waals surface area contributed by atoms with E-state index in [1.807, 2.05) is 24.3 Å². The van der Waals surface area contributed by atoms with Crippen LogP contribution in [-0.2, 0) is 5.75 Å². The Kier molecular flexibility index (Phi) is 3.80. The molecule has 0 saturated carbocycles. The highest BCUT2D eigenvalue weighted by atomic mass is 79.9. The number of hydrogen-bond donors (Lipinski definition) is 0. The molecule has 7 nitrogen and oxygen atoms in total. The predicted octanol–water partition coefficient (Wildman–Crippen LogP) is 3.23. The lowest BCUT2D eigenvalue weighted by Crippen LogP contribution is -1.87. The summed E-state index contributed by atoms with van der Waals surface area (Å²) in [6.45, 7) is 0. The Balaban J connectivity index is 1.49. The van der Waals surface area contributed by atoms with Gasteiger partial charge in [-0.25, -0.2) is 9.50 Å². The third kappa shape index (κ3) is 3.10. The molecule has 0 fully saturated rings. The molecule has 0 radical (unpaired) electrons. The molecule has 3 heterocycles. The van der Waals surface area contributed by atoms with Crippen molar-refractivity contribution in [2.75, 3.05) is 0 Å². The molecule has 0 bridgehead atoms. The number of rotatable bonds is 4. The smallest absolute Gasteiger partial charge is 0.253 e. The van der Waals surface area contributed by atoms with Gasteiger partial charge in [0.1, 0.15) is 0 Å². The monoisotopic (exact) mass is 388 g/mol. The summed E-state index contributed by atoms with van der Waals surface area (Å²) in [4.78, 5) is 12.8. The summed E-state index contributed by atoms with van der Waals surface area (Å²) < 4.78 is 7.88. The first-order valence-electron chi connectivity index (χ1n) is 6.67. The van der Waals surface area contributed by atoms with Gasteiger partial charge in [0.2, 0.25) is 16.9 Å². The summed E-state index contributed by atoms with van der Waals surface area (Å²) in [6, 6.07) is 9.55. The summed E-state index contributed by atoms with van der Waals surface area (Å²) in [7, 11) is 0. The maximum atomic E-state index is 5.28. The quantitative estimate of drug-likeness (QED) is 0.496. The Morgan fingerprint density at radius 3 is 3.04 bits per heavy atom. The van der Waals surface area contributed by atoms with Crippen LogP contribution in [0.25, 0.3) is 17.2 Å². The number of aromatic nitrogens is 6. The summed E-state index contributed by atoms with van der Waals surface area (Å²) in [5.74, 6) is 2.15. The molecule has 0 amide bonds. The molecule has 4 rings (SSSR count). The molecule has 23 heavy (non-hydrogen) atoms. The molecule has 0 atom stereocenters. The van der Waals surface area contributed by atoms with Crippen molar-refractivity contribution >= 4 is 33.5 Å². The lowest BCUT2D eigenvalue weighted by atomic mass is 10.2. The minimum Gasteiger partial charge on any atom is -0.338 e. The number of thioether (sulfide) groups is 1. The average Bonchev–Trinajstić information content (AvgIpc) is 3.19. The van der Waals surface area contributed by atoms with E-state index in [4.69, 9.17) is 4.52 Å². The van der Waals surface area contributed by atoms with Crippen molar-refractivity contribution in [3.63, 3.8) is 0 Å². The summed E-state index contributed by atoms with van der Waals surface area (Å²) >= 11 is 4.85. The molecule has 114 valence electrons. The van der Waals surface area contributed by atoms with Crippen LogP contribution in [0.5, 0.6) is 0 Å². The van der Waals surface area contributed by atoms with Gasteiger partial charge in [-0.3, -0.25) is 0 Å². The second-order valence-corrected chi connectivity index (χ2v) is 6.43. The molecule has 1 aromatic carbocycles. The van der Waals surface area contributed by atoms with E-state index < -0.39 is 0 Å². The van der Waals surface area contributed by atoms with Gasteiger partial charge in [-0.1, -0.05) is 45.0 Å². The van der Waals surface area contributed by atoms with E-state index >= 15 is 0 Å². The van der Waals surface area contributed by atoms with Crippen molar-refractivity contribution in [3.8, 4) is 11.4 Å². The highest BCUT2D eigenvalue weighted by Gasteiger charge is 2.11. The van der Waals surface area contributed by atoms with Gasteiger partial charge in [0.15, 0.2) is 0 Å². The molecule has 0 aliphatic rings. The maximum Gasteiger partial charge on any atom is 0.253 e. The van der Waals surface area contributed by atoms with E-state index in [1.165, 1.54) is 11.8 Å². The summed E-state index contributed by atoms with van der Waals surface area (Å²) in [6.07, 6.45) is 3.48. The van der Waals surface area contributed by atoms with E-state index in [9.17, 15) is 0 Å². The van der Waals surface area contributed by atoms with Crippen LogP contribution in [0.4, 0.5) is 0 Å². The second-order valence-electron chi connectivity index (χ2n) is 4.57. The average molecular weight is 389 g/mol. The van der Waals surface area contributed by atoms with Crippen LogP contribution in [-0.4, -0.2) is 29.7 Å². The molecule has 9 heteroatoms. The summed E-state index contributed by atoms with van der Waals surface area (Å²) in [5.41, 5.74) is 0.898. The molecule has 0 spiro atoms. The number of halogens is 1. The largest absolute Gasteiger partial charge is 0.338 e. The van der Waals surface area contributed by atoms with Crippen LogP contribution in [0.15, 0.2) is 56.9 Å². The fourth-order valence-electron chi connectivity index (χ4n) is 1.96. The standard InChI is InChI=1S/C14H9BrN6OS/c15-10-4-1-3-9(7-10)12-17-11(22-20-12)8-23-14-18-13-16-5-2-6-21(13)19-14/h1-7H,8H2. The first-order chi connectivity index (χ1) is 11.3. The van der Waals surface area contributed by atoms with E-state index in [0.29, 0.717) is 28.4 Å². The zero-order valence-electron chi connectivity index (χ0n) is 11.6. The van der Waals surface area contributed by atoms with Gasteiger partial charge in [0.05, 0.1) is 5.75 Å².